The van der Waals surface area contributed by atoms with Gasteiger partial charge in [0.15, 0.2) is 0 Å². The second kappa shape index (κ2) is 9.69. The third kappa shape index (κ3) is 5.08. The second-order valence-corrected chi connectivity index (χ2v) is 8.19. The molecule has 4 rings (SSSR count). The number of hydrogen-bond acceptors (Lipinski definition) is 8. The van der Waals surface area contributed by atoms with E-state index in [0.717, 1.165) is 0 Å². The van der Waals surface area contributed by atoms with Crippen molar-refractivity contribution in [3.8, 4) is 0 Å². The van der Waals surface area contributed by atoms with Gasteiger partial charge in [-0.2, -0.15) is 0 Å². The van der Waals surface area contributed by atoms with Crippen LogP contribution in [0.1, 0.15) is 25.0 Å². The van der Waals surface area contributed by atoms with E-state index in [0.29, 0.717) is 11.1 Å². The van der Waals surface area contributed by atoms with Crippen molar-refractivity contribution < 1.29 is 38.4 Å². The van der Waals surface area contributed by atoms with Crippen molar-refractivity contribution in [1.29, 1.82) is 0 Å². The van der Waals surface area contributed by atoms with Crippen LogP contribution in [-0.4, -0.2) is 24.2 Å². The van der Waals surface area contributed by atoms with Crippen LogP contribution < -0.4 is 5.11 Å². The minimum atomic E-state index is -1.68. The van der Waals surface area contributed by atoms with Crippen LogP contribution in [0, 0.1) is 5.92 Å². The minimum Gasteiger partial charge on any atom is -0.830 e. The molecule has 2 aliphatic heterocycles. The highest BCUT2D eigenvalue weighted by molar-refractivity contribution is 6.15. The monoisotopic (exact) mass is 475 g/mol. The highest BCUT2D eigenvalue weighted by atomic mass is 16.8. The molecular formula is C27H23O8-. The molecule has 0 radical (unpaired) electrons. The van der Waals surface area contributed by atoms with Gasteiger partial charge in [0.2, 0.25) is 5.79 Å². The average Bonchev–Trinajstić information content (AvgIpc) is 2.83. The molecule has 180 valence electrons. The van der Waals surface area contributed by atoms with Crippen molar-refractivity contribution >= 4 is 17.9 Å². The number of rotatable bonds is 5. The quantitative estimate of drug-likeness (QED) is 0.281. The lowest BCUT2D eigenvalue weighted by Gasteiger charge is -2.44. The van der Waals surface area contributed by atoms with Gasteiger partial charge in [0.25, 0.3) is 5.79 Å². The van der Waals surface area contributed by atoms with Gasteiger partial charge in [-0.25, -0.2) is 9.59 Å². The van der Waals surface area contributed by atoms with Crippen LogP contribution in [0.5, 0.6) is 0 Å². The van der Waals surface area contributed by atoms with E-state index in [-0.39, 0.29) is 5.57 Å². The van der Waals surface area contributed by atoms with E-state index in [1.54, 1.807) is 60.7 Å². The zero-order valence-electron chi connectivity index (χ0n) is 19.1. The van der Waals surface area contributed by atoms with Crippen LogP contribution in [0.2, 0.25) is 0 Å². The summed E-state index contributed by atoms with van der Waals surface area (Å²) in [5.74, 6) is -6.53. The van der Waals surface area contributed by atoms with E-state index < -0.39 is 41.7 Å². The van der Waals surface area contributed by atoms with Gasteiger partial charge in [0.1, 0.15) is 5.57 Å². The van der Waals surface area contributed by atoms with Gasteiger partial charge in [0, 0.05) is 31.3 Å². The first-order chi connectivity index (χ1) is 16.7. The van der Waals surface area contributed by atoms with E-state index >= 15 is 0 Å². The lowest BCUT2D eigenvalue weighted by atomic mass is 10.0. The molecule has 0 aliphatic carbocycles. The molecule has 3 atom stereocenters. The Hall–Kier alpha value is -4.01. The highest BCUT2D eigenvalue weighted by Crippen LogP contribution is 2.35. The first-order valence-corrected chi connectivity index (χ1v) is 10.9. The molecule has 2 heterocycles. The summed E-state index contributed by atoms with van der Waals surface area (Å²) in [6, 6.07) is 17.4. The molecule has 8 nitrogen and oxygen atoms in total. The summed E-state index contributed by atoms with van der Waals surface area (Å²) in [6.45, 7) is 3.00. The van der Waals surface area contributed by atoms with Crippen LogP contribution in [0.25, 0.3) is 0 Å². The molecule has 0 spiro atoms. The summed E-state index contributed by atoms with van der Waals surface area (Å²) < 4.78 is 21.6. The fourth-order valence-corrected chi connectivity index (χ4v) is 3.69. The summed E-state index contributed by atoms with van der Waals surface area (Å²) in [5.41, 5.74) is 0.790. The van der Waals surface area contributed by atoms with Gasteiger partial charge in [-0.15, -0.1) is 0 Å². The second-order valence-electron chi connectivity index (χ2n) is 8.19. The first kappa shape index (κ1) is 24.1. The molecule has 2 aliphatic rings. The van der Waals surface area contributed by atoms with E-state index in [9.17, 15) is 19.5 Å². The summed E-state index contributed by atoms with van der Waals surface area (Å²) in [6.07, 6.45) is 5.16. The van der Waals surface area contributed by atoms with Gasteiger partial charge in [-0.1, -0.05) is 85.0 Å². The average molecular weight is 475 g/mol. The van der Waals surface area contributed by atoms with Crippen LogP contribution in [0.3, 0.4) is 0 Å². The third-order valence-electron chi connectivity index (χ3n) is 5.62. The van der Waals surface area contributed by atoms with Gasteiger partial charge in [-0.05, 0) is 6.08 Å². The molecule has 0 saturated carbocycles. The van der Waals surface area contributed by atoms with Gasteiger partial charge < -0.3 is 24.1 Å². The SMILES string of the molecule is CC1(c2ccccc2)OC(=O)C(=CC=CC=CC2C(=O)OC(C)(c3ccccc3)OC2[O-])C(=O)O1. The molecule has 0 amide bonds. The fraction of sp³-hybridized carbons (Fsp3) is 0.222. The number of carbonyl (C=O) groups is 3. The lowest BCUT2D eigenvalue weighted by molar-refractivity contribution is -0.537. The molecule has 2 fully saturated rings. The number of esters is 3. The zero-order chi connectivity index (χ0) is 25.1. The van der Waals surface area contributed by atoms with Crippen LogP contribution >= 0.6 is 0 Å². The Morgan fingerprint density at radius 1 is 0.743 bits per heavy atom. The minimum absolute atomic E-state index is 0.288. The van der Waals surface area contributed by atoms with Crippen molar-refractivity contribution in [2.24, 2.45) is 5.92 Å². The molecule has 2 saturated heterocycles. The largest absolute Gasteiger partial charge is 0.830 e. The van der Waals surface area contributed by atoms with E-state index in [4.69, 9.17) is 18.9 Å². The number of carbonyl (C=O) groups excluding carboxylic acids is 3. The van der Waals surface area contributed by atoms with Crippen molar-refractivity contribution in [3.63, 3.8) is 0 Å². The molecular weight excluding hydrogens is 452 g/mol. The van der Waals surface area contributed by atoms with Gasteiger partial charge >= 0.3 is 17.9 Å². The summed E-state index contributed by atoms with van der Waals surface area (Å²) in [5, 5.41) is 12.5. The number of benzene rings is 2. The summed E-state index contributed by atoms with van der Waals surface area (Å²) in [7, 11) is 0. The standard InChI is InChI=1S/C27H23O8/c1-26(18-12-6-3-7-13-18)32-22(28)20(23(29)33-26)16-10-5-11-17-21-24(30)34-27(2,35-25(21)31)19-14-8-4-9-15-19/h3-17,20,22H,1-2H3/q-1. The number of ether oxygens (including phenoxy) is 4. The predicted octanol–water partition coefficient (Wildman–Crippen LogP) is 2.75. The topological polar surface area (TPSA) is 111 Å². The van der Waals surface area contributed by atoms with Crippen molar-refractivity contribution in [2.75, 3.05) is 0 Å². The first-order valence-electron chi connectivity index (χ1n) is 10.9. The number of cyclic esters (lactones) is 3. The molecule has 3 unspecified atom stereocenters. The van der Waals surface area contributed by atoms with Crippen LogP contribution in [-0.2, 0) is 44.9 Å². The maximum absolute atomic E-state index is 12.5. The van der Waals surface area contributed by atoms with Gasteiger partial charge in [-0.3, -0.25) is 4.79 Å². The zero-order valence-corrected chi connectivity index (χ0v) is 19.1. The smallest absolute Gasteiger partial charge is 0.349 e. The number of allylic oxidation sites excluding steroid dienone is 4. The van der Waals surface area contributed by atoms with E-state index in [2.05, 4.69) is 0 Å². The maximum Gasteiger partial charge on any atom is 0.349 e. The van der Waals surface area contributed by atoms with Crippen molar-refractivity contribution in [1.82, 2.24) is 0 Å². The molecule has 0 bridgehead atoms. The third-order valence-corrected chi connectivity index (χ3v) is 5.62. The Kier molecular flexibility index (Phi) is 6.68. The highest BCUT2D eigenvalue weighted by Gasteiger charge is 2.44. The maximum atomic E-state index is 12.5. The molecule has 2 aromatic rings. The Labute approximate surface area is 202 Å². The van der Waals surface area contributed by atoms with Crippen molar-refractivity contribution in [3.05, 3.63) is 108 Å². The fourth-order valence-electron chi connectivity index (χ4n) is 3.69. The summed E-state index contributed by atoms with van der Waals surface area (Å²) in [4.78, 5) is 37.3. The molecule has 35 heavy (non-hydrogen) atoms. The molecule has 0 aromatic heterocycles. The molecule has 2 aromatic carbocycles. The van der Waals surface area contributed by atoms with Crippen LogP contribution in [0.15, 0.2) is 96.6 Å². The summed E-state index contributed by atoms with van der Waals surface area (Å²) >= 11 is 0. The normalized spacial score (nSPS) is 29.1. The molecule has 8 heteroatoms. The van der Waals surface area contributed by atoms with E-state index in [1.165, 1.54) is 44.2 Å². The Morgan fingerprint density at radius 3 is 1.83 bits per heavy atom. The Balaban J connectivity index is 1.39. The Morgan fingerprint density at radius 2 is 1.29 bits per heavy atom. The predicted molar refractivity (Wildman–Crippen MR) is 121 cm³/mol. The number of hydrogen-bond donors (Lipinski definition) is 0. The molecule has 0 N–H and O–H groups in total. The Bertz CT molecular complexity index is 1180. The van der Waals surface area contributed by atoms with Crippen LogP contribution in [0.4, 0.5) is 0 Å². The van der Waals surface area contributed by atoms with Gasteiger partial charge in [0.05, 0.1) is 5.92 Å². The van der Waals surface area contributed by atoms with Crippen molar-refractivity contribution in [2.45, 2.75) is 31.7 Å². The van der Waals surface area contributed by atoms with E-state index in [1.807, 2.05) is 0 Å². The lowest BCUT2D eigenvalue weighted by Crippen LogP contribution is -2.53.